The Balaban J connectivity index is 0.000000350. The van der Waals surface area contributed by atoms with E-state index in [9.17, 15) is 29.4 Å². The maximum atomic E-state index is 12.9. The number of benzene rings is 2. The van der Waals surface area contributed by atoms with E-state index in [1.54, 1.807) is 39.0 Å². The number of aromatic nitrogens is 4. The summed E-state index contributed by atoms with van der Waals surface area (Å²) >= 11 is 0. The molecule has 0 saturated heterocycles. The number of methoxy groups -OCH3 is 2. The number of nitrogens with zero attached hydrogens (tertiary/aromatic N) is 6. The van der Waals surface area contributed by atoms with E-state index in [4.69, 9.17) is 9.47 Å². The van der Waals surface area contributed by atoms with Gasteiger partial charge in [-0.05, 0) is 70.2 Å². The van der Waals surface area contributed by atoms with E-state index < -0.39 is 11.9 Å². The molecule has 16 nitrogen and oxygen atoms in total. The predicted molar refractivity (Wildman–Crippen MR) is 259 cm³/mol. The molecule has 4 rings (SSSR count). The topological polar surface area (TPSA) is 209 Å². The molecule has 0 saturated carbocycles. The van der Waals surface area contributed by atoms with Gasteiger partial charge in [-0.2, -0.15) is 0 Å². The lowest BCUT2D eigenvalue weighted by molar-refractivity contribution is -0.138. The SMILES string of the molecule is COCC(CC(=O)O)c1ccc(N(CC(C)C)CC(C)C)c(NC(=O)Cc2cncnc2)c1.COCC(CC(=O)O)c1ccc(N(CC(C)C)CC(C)C)c(NC(=O)Cc2cncnc2)c1. The second kappa shape index (κ2) is 28.1. The Kier molecular flexibility index (Phi) is 23.2. The summed E-state index contributed by atoms with van der Waals surface area (Å²) in [5.74, 6) is -1.05. The summed E-state index contributed by atoms with van der Waals surface area (Å²) in [5, 5.41) is 24.8. The number of carboxylic acids is 2. The zero-order valence-corrected chi connectivity index (χ0v) is 40.5. The van der Waals surface area contributed by atoms with Gasteiger partial charge in [-0.3, -0.25) is 19.2 Å². The van der Waals surface area contributed by atoms with E-state index in [1.807, 2.05) is 36.4 Å². The molecular formula is C50H72N8O8. The lowest BCUT2D eigenvalue weighted by Gasteiger charge is -2.31. The van der Waals surface area contributed by atoms with Crippen LogP contribution in [0.25, 0.3) is 0 Å². The minimum absolute atomic E-state index is 0.0520. The van der Waals surface area contributed by atoms with Crippen LogP contribution in [0.4, 0.5) is 22.7 Å². The van der Waals surface area contributed by atoms with Crippen molar-refractivity contribution in [1.82, 2.24) is 19.9 Å². The Labute approximate surface area is 391 Å². The van der Waals surface area contributed by atoms with Gasteiger partial charge in [0.05, 0.1) is 61.6 Å². The normalized spacial score (nSPS) is 12.1. The van der Waals surface area contributed by atoms with E-state index in [0.717, 1.165) is 59.8 Å². The van der Waals surface area contributed by atoms with Gasteiger partial charge in [0.2, 0.25) is 11.8 Å². The smallest absolute Gasteiger partial charge is 0.304 e. The molecule has 2 heterocycles. The quantitative estimate of drug-likeness (QED) is 0.0471. The second-order valence-electron chi connectivity index (χ2n) is 18.4. The van der Waals surface area contributed by atoms with Gasteiger partial charge < -0.3 is 40.1 Å². The summed E-state index contributed by atoms with van der Waals surface area (Å²) in [6.45, 7) is 21.2. The van der Waals surface area contributed by atoms with Gasteiger partial charge in [-0.25, -0.2) is 19.9 Å². The van der Waals surface area contributed by atoms with Gasteiger partial charge in [-0.1, -0.05) is 67.5 Å². The van der Waals surface area contributed by atoms with Crippen LogP contribution in [0, 0.1) is 23.7 Å². The number of rotatable bonds is 26. The summed E-state index contributed by atoms with van der Waals surface area (Å²) in [5.41, 5.74) is 6.25. The van der Waals surface area contributed by atoms with Gasteiger partial charge in [0, 0.05) is 77.0 Å². The third-order valence-electron chi connectivity index (χ3n) is 10.1. The number of hydrogen-bond donors (Lipinski definition) is 4. The van der Waals surface area contributed by atoms with Gasteiger partial charge in [0.25, 0.3) is 0 Å². The Bertz CT molecular complexity index is 1930. The van der Waals surface area contributed by atoms with Crippen molar-refractivity contribution in [2.45, 2.75) is 92.9 Å². The van der Waals surface area contributed by atoms with Crippen molar-refractivity contribution in [1.29, 1.82) is 0 Å². The zero-order valence-electron chi connectivity index (χ0n) is 40.5. The summed E-state index contributed by atoms with van der Waals surface area (Å²) in [6.07, 6.45) is 9.53. The van der Waals surface area contributed by atoms with Crippen molar-refractivity contribution in [3.05, 3.63) is 96.1 Å². The molecule has 2 aromatic carbocycles. The Morgan fingerprint density at radius 1 is 0.545 bits per heavy atom. The number of aliphatic carboxylic acids is 2. The Morgan fingerprint density at radius 2 is 0.864 bits per heavy atom. The first-order valence-corrected chi connectivity index (χ1v) is 22.6. The van der Waals surface area contributed by atoms with Gasteiger partial charge in [-0.15, -0.1) is 0 Å². The minimum atomic E-state index is -0.892. The fraction of sp³-hybridized carbons (Fsp3) is 0.520. The molecular weight excluding hydrogens is 841 g/mol. The number of carboxylic acid groups (broad SMARTS) is 2. The number of anilines is 4. The third kappa shape index (κ3) is 19.6. The largest absolute Gasteiger partial charge is 0.481 e. The summed E-state index contributed by atoms with van der Waals surface area (Å²) in [4.78, 5) is 69.0. The average molecular weight is 913 g/mol. The maximum Gasteiger partial charge on any atom is 0.304 e. The fourth-order valence-electron chi connectivity index (χ4n) is 7.64. The molecule has 66 heavy (non-hydrogen) atoms. The van der Waals surface area contributed by atoms with Crippen LogP contribution in [0.2, 0.25) is 0 Å². The molecule has 0 fully saturated rings. The second-order valence-corrected chi connectivity index (χ2v) is 18.4. The summed E-state index contributed by atoms with van der Waals surface area (Å²) in [6, 6.07) is 11.6. The number of carbonyl (C=O) groups is 4. The zero-order chi connectivity index (χ0) is 48.8. The van der Waals surface area contributed by atoms with Gasteiger partial charge in [0.1, 0.15) is 12.7 Å². The molecule has 2 amide bonds. The van der Waals surface area contributed by atoms with Gasteiger partial charge in [0.15, 0.2) is 0 Å². The fourth-order valence-corrected chi connectivity index (χ4v) is 7.64. The Morgan fingerprint density at radius 3 is 1.14 bits per heavy atom. The predicted octanol–water partition coefficient (Wildman–Crippen LogP) is 7.96. The molecule has 4 aromatic rings. The minimum Gasteiger partial charge on any atom is -0.481 e. The van der Waals surface area contributed by atoms with Crippen molar-refractivity contribution in [2.24, 2.45) is 23.7 Å². The van der Waals surface area contributed by atoms with Crippen LogP contribution in [0.3, 0.4) is 0 Å². The number of hydrogen-bond acceptors (Lipinski definition) is 12. The van der Waals surface area contributed by atoms with E-state index in [-0.39, 0.29) is 62.5 Å². The third-order valence-corrected chi connectivity index (χ3v) is 10.1. The highest BCUT2D eigenvalue weighted by Crippen LogP contribution is 2.34. The summed E-state index contributed by atoms with van der Waals surface area (Å²) in [7, 11) is 3.11. The molecule has 0 bridgehead atoms. The monoisotopic (exact) mass is 913 g/mol. The molecule has 0 aliphatic rings. The van der Waals surface area contributed by atoms with Crippen LogP contribution in [0.5, 0.6) is 0 Å². The van der Waals surface area contributed by atoms with Crippen LogP contribution < -0.4 is 20.4 Å². The first-order valence-electron chi connectivity index (χ1n) is 22.6. The molecule has 2 atom stereocenters. The number of ether oxygens (including phenoxy) is 2. The molecule has 2 unspecified atom stereocenters. The van der Waals surface area contributed by atoms with Crippen LogP contribution in [0.15, 0.2) is 73.8 Å². The highest BCUT2D eigenvalue weighted by atomic mass is 16.5. The first-order chi connectivity index (χ1) is 31.4. The van der Waals surface area contributed by atoms with Crippen molar-refractivity contribution in [3.63, 3.8) is 0 Å². The molecule has 0 aliphatic carbocycles. The molecule has 16 heteroatoms. The molecule has 0 spiro atoms. The molecule has 4 N–H and O–H groups in total. The molecule has 360 valence electrons. The first kappa shape index (κ1) is 54.3. The van der Waals surface area contributed by atoms with Gasteiger partial charge >= 0.3 is 11.9 Å². The number of nitrogens with one attached hydrogen (secondary N) is 2. The highest BCUT2D eigenvalue weighted by Gasteiger charge is 2.23. The van der Waals surface area contributed by atoms with Crippen LogP contribution >= 0.6 is 0 Å². The van der Waals surface area contributed by atoms with E-state index in [0.29, 0.717) is 35.0 Å². The van der Waals surface area contributed by atoms with Crippen molar-refractivity contribution < 1.29 is 38.9 Å². The van der Waals surface area contributed by atoms with Crippen LogP contribution in [-0.4, -0.2) is 108 Å². The average Bonchev–Trinajstić information content (AvgIpc) is 3.23. The summed E-state index contributed by atoms with van der Waals surface area (Å²) < 4.78 is 10.5. The number of amides is 2. The van der Waals surface area contributed by atoms with Crippen molar-refractivity contribution in [2.75, 3.05) is 74.0 Å². The molecule has 0 radical (unpaired) electrons. The molecule has 2 aromatic heterocycles. The Hall–Kier alpha value is -6.00. The van der Waals surface area contributed by atoms with Crippen LogP contribution in [-0.2, 0) is 41.5 Å². The van der Waals surface area contributed by atoms with Crippen LogP contribution in [0.1, 0.15) is 102 Å². The van der Waals surface area contributed by atoms with E-state index in [2.05, 4.69) is 95.8 Å². The van der Waals surface area contributed by atoms with E-state index >= 15 is 0 Å². The highest BCUT2D eigenvalue weighted by molar-refractivity contribution is 5.96. The standard InChI is InChI=1S/2C25H36N4O4/c2*1-17(2)13-29(14-18(3)4)23-7-6-20(21(15-33-5)10-25(31)32)9-22(23)28-24(30)8-19-11-26-16-27-12-19/h2*6-7,9,11-12,16-18,21H,8,10,13-15H2,1-5H3,(H,28,30)(H,31,32). The lowest BCUT2D eigenvalue weighted by Crippen LogP contribution is -2.32. The lowest BCUT2D eigenvalue weighted by atomic mass is 9.95. The van der Waals surface area contributed by atoms with Crippen molar-refractivity contribution in [3.8, 4) is 0 Å². The van der Waals surface area contributed by atoms with E-state index in [1.165, 1.54) is 12.7 Å². The molecule has 0 aliphatic heterocycles. The van der Waals surface area contributed by atoms with Crippen molar-refractivity contribution >= 4 is 46.5 Å². The number of carbonyl (C=O) groups excluding carboxylic acids is 2. The maximum absolute atomic E-state index is 12.9.